The van der Waals surface area contributed by atoms with E-state index in [0.29, 0.717) is 0 Å². The van der Waals surface area contributed by atoms with Gasteiger partial charge in [0.15, 0.2) is 0 Å². The second-order valence-corrected chi connectivity index (χ2v) is 9.98. The van der Waals surface area contributed by atoms with Gasteiger partial charge in [0.25, 0.3) is 0 Å². The molecule has 0 saturated carbocycles. The van der Waals surface area contributed by atoms with Gasteiger partial charge in [-0.3, -0.25) is 9.97 Å². The van der Waals surface area contributed by atoms with E-state index >= 15 is 0 Å². The fourth-order valence-electron chi connectivity index (χ4n) is 5.09. The Kier molecular flexibility index (Phi) is 7.45. The zero-order valence-electron chi connectivity index (χ0n) is 21.7. The average Bonchev–Trinajstić information content (AvgIpc) is 2.88. The Morgan fingerprint density at radius 1 is 0.730 bits per heavy atom. The van der Waals surface area contributed by atoms with Crippen molar-refractivity contribution in [1.82, 2.24) is 9.97 Å². The minimum atomic E-state index is -0.0153. The predicted molar refractivity (Wildman–Crippen MR) is 152 cm³/mol. The molecule has 0 bridgehead atoms. The number of fused-ring (bicyclic) bond motifs is 2. The molecule has 4 heteroatoms. The Balaban J connectivity index is 0.000000173. The van der Waals surface area contributed by atoms with E-state index < -0.39 is 0 Å². The van der Waals surface area contributed by atoms with Crippen LogP contribution >= 0.6 is 0 Å². The van der Waals surface area contributed by atoms with Gasteiger partial charge in [-0.1, -0.05) is 67.4 Å². The van der Waals surface area contributed by atoms with Gasteiger partial charge in [-0.05, 0) is 34.5 Å². The van der Waals surface area contributed by atoms with Crippen molar-refractivity contribution in [1.29, 1.82) is 0 Å². The van der Waals surface area contributed by atoms with Crippen LogP contribution in [0.4, 0.5) is 5.69 Å². The second kappa shape index (κ2) is 10.4. The molecular formula is C33H31IrN3-2. The third-order valence-corrected chi connectivity index (χ3v) is 7.08. The Labute approximate surface area is 234 Å². The third kappa shape index (κ3) is 4.75. The Morgan fingerprint density at radius 2 is 1.49 bits per heavy atom. The summed E-state index contributed by atoms with van der Waals surface area (Å²) in [5.74, 6) is 0. The normalized spacial score (nSPS) is 12.5. The molecule has 1 aliphatic carbocycles. The van der Waals surface area contributed by atoms with Gasteiger partial charge < -0.3 is 4.90 Å². The molecule has 0 unspecified atom stereocenters. The maximum Gasteiger partial charge on any atom is 0.0268 e. The summed E-state index contributed by atoms with van der Waals surface area (Å²) < 4.78 is 0. The number of rotatable bonds is 2. The van der Waals surface area contributed by atoms with Crippen LogP contribution in [-0.2, 0) is 25.5 Å². The first-order valence-corrected chi connectivity index (χ1v) is 12.2. The number of hydrogen-bond donors (Lipinski definition) is 0. The number of anilines is 1. The molecule has 6 rings (SSSR count). The van der Waals surface area contributed by atoms with Crippen molar-refractivity contribution in [2.75, 3.05) is 19.0 Å². The molecule has 3 nitrogen and oxygen atoms in total. The topological polar surface area (TPSA) is 29.0 Å². The molecule has 0 spiro atoms. The largest absolute Gasteiger partial charge is 0.379 e. The smallest absolute Gasteiger partial charge is 0.0268 e. The summed E-state index contributed by atoms with van der Waals surface area (Å²) >= 11 is 0. The van der Waals surface area contributed by atoms with Crippen molar-refractivity contribution >= 4 is 16.5 Å². The molecule has 0 fully saturated rings. The van der Waals surface area contributed by atoms with Gasteiger partial charge in [0.1, 0.15) is 0 Å². The zero-order chi connectivity index (χ0) is 25.4. The summed E-state index contributed by atoms with van der Waals surface area (Å²) in [5, 5.41) is 2.54. The molecular weight excluding hydrogens is 631 g/mol. The molecule has 0 aliphatic heterocycles. The van der Waals surface area contributed by atoms with Crippen LogP contribution in [0.15, 0.2) is 91.3 Å². The fourth-order valence-corrected chi connectivity index (χ4v) is 5.09. The van der Waals surface area contributed by atoms with Gasteiger partial charge in [0.2, 0.25) is 0 Å². The number of aromatic nitrogens is 2. The summed E-state index contributed by atoms with van der Waals surface area (Å²) in [7, 11) is 4.06. The summed E-state index contributed by atoms with van der Waals surface area (Å²) in [4.78, 5) is 11.1. The summed E-state index contributed by atoms with van der Waals surface area (Å²) in [6.07, 6.45) is 3.70. The van der Waals surface area contributed by atoms with Crippen molar-refractivity contribution in [3.63, 3.8) is 0 Å². The van der Waals surface area contributed by atoms with E-state index in [9.17, 15) is 0 Å². The minimum absolute atomic E-state index is 0. The molecule has 37 heavy (non-hydrogen) atoms. The van der Waals surface area contributed by atoms with E-state index in [4.69, 9.17) is 0 Å². The standard InChI is InChI=1S/C19H16N.C14H15N2.Ir/c1-12-6-4-8-14-16(12)18-17-13(10-11-20-18)7-5-9-15(17)19(14,2)3;1-11-7-8-12(16(2)3)10-13(11)14-6-4-5-9-15-14;/h4-11H,1H2,2-3H3;4-10H,1H2,2-3H3;/q2*-1;. The van der Waals surface area contributed by atoms with Crippen molar-refractivity contribution in [2.24, 2.45) is 0 Å². The molecule has 2 aromatic heterocycles. The number of nitrogens with zero attached hydrogens (tertiary/aromatic N) is 3. The molecule has 189 valence electrons. The first-order chi connectivity index (χ1) is 17.3. The van der Waals surface area contributed by atoms with Crippen LogP contribution in [0, 0.1) is 13.8 Å². The van der Waals surface area contributed by atoms with Gasteiger partial charge in [-0.15, -0.1) is 11.6 Å². The molecule has 0 amide bonds. The molecule has 3 aromatic carbocycles. The van der Waals surface area contributed by atoms with Crippen LogP contribution in [0.25, 0.3) is 33.3 Å². The third-order valence-electron chi connectivity index (χ3n) is 7.08. The van der Waals surface area contributed by atoms with Crippen LogP contribution in [0.3, 0.4) is 0 Å². The van der Waals surface area contributed by atoms with E-state index in [1.165, 1.54) is 27.5 Å². The average molecular weight is 662 g/mol. The van der Waals surface area contributed by atoms with Gasteiger partial charge >= 0.3 is 0 Å². The van der Waals surface area contributed by atoms with Gasteiger partial charge in [-0.2, -0.15) is 37.1 Å². The van der Waals surface area contributed by atoms with Gasteiger partial charge in [0, 0.05) is 69.1 Å². The van der Waals surface area contributed by atoms with E-state index in [-0.39, 0.29) is 25.5 Å². The van der Waals surface area contributed by atoms with Crippen molar-refractivity contribution < 1.29 is 20.1 Å². The fraction of sp³-hybridized carbons (Fsp3) is 0.152. The Morgan fingerprint density at radius 3 is 2.22 bits per heavy atom. The van der Waals surface area contributed by atoms with E-state index in [2.05, 4.69) is 97.2 Å². The van der Waals surface area contributed by atoms with E-state index in [0.717, 1.165) is 33.8 Å². The van der Waals surface area contributed by atoms with Gasteiger partial charge in [-0.25, -0.2) is 0 Å². The van der Waals surface area contributed by atoms with E-state index in [1.54, 1.807) is 6.20 Å². The zero-order valence-corrected chi connectivity index (χ0v) is 24.1. The molecule has 0 saturated heterocycles. The maximum atomic E-state index is 4.67. The monoisotopic (exact) mass is 662 g/mol. The summed E-state index contributed by atoms with van der Waals surface area (Å²) in [6.45, 7) is 12.8. The summed E-state index contributed by atoms with van der Waals surface area (Å²) in [6, 6.07) is 27.1. The Bertz CT molecular complexity index is 1550. The molecule has 0 N–H and O–H groups in total. The molecule has 2 heterocycles. The van der Waals surface area contributed by atoms with Crippen LogP contribution in [0.1, 0.15) is 36.1 Å². The van der Waals surface area contributed by atoms with Crippen LogP contribution in [0.2, 0.25) is 0 Å². The number of hydrogen-bond acceptors (Lipinski definition) is 3. The Hall–Kier alpha value is -3.59. The first-order valence-electron chi connectivity index (χ1n) is 12.2. The minimum Gasteiger partial charge on any atom is -0.379 e. The van der Waals surface area contributed by atoms with Crippen molar-refractivity contribution in [2.45, 2.75) is 19.3 Å². The van der Waals surface area contributed by atoms with E-state index in [1.807, 2.05) is 44.6 Å². The second-order valence-electron chi connectivity index (χ2n) is 9.98. The summed E-state index contributed by atoms with van der Waals surface area (Å²) in [5.41, 5.74) is 10.2. The van der Waals surface area contributed by atoms with Crippen LogP contribution in [0.5, 0.6) is 0 Å². The van der Waals surface area contributed by atoms with Crippen molar-refractivity contribution in [3.8, 4) is 22.5 Å². The SMILES string of the molecule is [CH2-]c1ccc(N(C)C)cc1-c1ccccn1.[CH2-]c1cccc2c1-c1nccc3cccc(c13)C2(C)C.[Ir]. The molecule has 1 aliphatic rings. The van der Waals surface area contributed by atoms with Crippen molar-refractivity contribution in [3.05, 3.63) is 127 Å². The van der Waals surface area contributed by atoms with Crippen LogP contribution in [-0.4, -0.2) is 24.1 Å². The molecule has 0 atom stereocenters. The maximum absolute atomic E-state index is 4.67. The van der Waals surface area contributed by atoms with Gasteiger partial charge in [0.05, 0.1) is 0 Å². The first kappa shape index (κ1) is 26.5. The molecule has 5 aromatic rings. The number of benzene rings is 3. The number of pyridine rings is 2. The van der Waals surface area contributed by atoms with Crippen LogP contribution < -0.4 is 4.90 Å². The quantitative estimate of drug-likeness (QED) is 0.182. The predicted octanol–water partition coefficient (Wildman–Crippen LogP) is 7.72. The molecule has 1 radical (unpaired) electrons.